The van der Waals surface area contributed by atoms with Gasteiger partial charge in [-0.2, -0.15) is 0 Å². The van der Waals surface area contributed by atoms with Crippen molar-refractivity contribution in [2.24, 2.45) is 0 Å². The van der Waals surface area contributed by atoms with Crippen molar-refractivity contribution in [3.05, 3.63) is 23.8 Å². The predicted molar refractivity (Wildman–Crippen MR) is 86.7 cm³/mol. The summed E-state index contributed by atoms with van der Waals surface area (Å²) in [5, 5.41) is 8.97. The number of nitrogens with zero attached hydrogens (tertiary/aromatic N) is 1. The van der Waals surface area contributed by atoms with Crippen molar-refractivity contribution in [1.29, 1.82) is 0 Å². The van der Waals surface area contributed by atoms with Gasteiger partial charge in [-0.25, -0.2) is 0 Å². The Balaban J connectivity index is 2.26. The van der Waals surface area contributed by atoms with Gasteiger partial charge in [0.2, 0.25) is 0 Å². The van der Waals surface area contributed by atoms with Crippen LogP contribution in [0, 0.1) is 0 Å². The zero-order valence-corrected chi connectivity index (χ0v) is 14.0. The quantitative estimate of drug-likeness (QED) is 0.816. The highest BCUT2D eigenvalue weighted by Crippen LogP contribution is 2.25. The van der Waals surface area contributed by atoms with Gasteiger partial charge in [-0.1, -0.05) is 0 Å². The van der Waals surface area contributed by atoms with Crippen LogP contribution in [0.1, 0.15) is 29.6 Å². The molecule has 1 amide bonds. The minimum Gasteiger partial charge on any atom is -0.497 e. The maximum absolute atomic E-state index is 13.0. The van der Waals surface area contributed by atoms with Gasteiger partial charge in [0.1, 0.15) is 11.5 Å². The SMILES string of the molecule is COc1cc(OC)cc(C(=O)N(CCC(=O)O)C2CCOCC2)c1. The third-order valence-electron chi connectivity index (χ3n) is 4.06. The van der Waals surface area contributed by atoms with Gasteiger partial charge in [-0.15, -0.1) is 0 Å². The highest BCUT2D eigenvalue weighted by molar-refractivity contribution is 5.95. The molecule has 1 aliphatic heterocycles. The lowest BCUT2D eigenvalue weighted by Gasteiger charge is -2.34. The molecule has 0 spiro atoms. The molecule has 2 rings (SSSR count). The van der Waals surface area contributed by atoms with Crippen molar-refractivity contribution in [2.75, 3.05) is 34.0 Å². The zero-order chi connectivity index (χ0) is 17.5. The van der Waals surface area contributed by atoms with E-state index in [4.69, 9.17) is 19.3 Å². The molecule has 1 aromatic carbocycles. The van der Waals surface area contributed by atoms with Crippen molar-refractivity contribution >= 4 is 11.9 Å². The topological polar surface area (TPSA) is 85.3 Å². The van der Waals surface area contributed by atoms with Crippen LogP contribution in [0.2, 0.25) is 0 Å². The Bertz CT molecular complexity index is 560. The molecular weight excluding hydrogens is 314 g/mol. The van der Waals surface area contributed by atoms with Crippen molar-refractivity contribution in [2.45, 2.75) is 25.3 Å². The highest BCUT2D eigenvalue weighted by Gasteiger charge is 2.27. The summed E-state index contributed by atoms with van der Waals surface area (Å²) in [6.07, 6.45) is 1.31. The fourth-order valence-corrected chi connectivity index (χ4v) is 2.76. The molecule has 7 nitrogen and oxygen atoms in total. The molecule has 0 unspecified atom stereocenters. The molecule has 0 radical (unpaired) electrons. The molecule has 1 fully saturated rings. The van der Waals surface area contributed by atoms with Crippen LogP contribution in [0.3, 0.4) is 0 Å². The Morgan fingerprint density at radius 1 is 1.17 bits per heavy atom. The number of carboxylic acid groups (broad SMARTS) is 1. The standard InChI is InChI=1S/C17H23NO6/c1-22-14-9-12(10-15(11-14)23-2)17(21)18(6-3-16(19)20)13-4-7-24-8-5-13/h9-11,13H,3-8H2,1-2H3,(H,19,20). The molecule has 0 saturated carbocycles. The smallest absolute Gasteiger partial charge is 0.305 e. The number of carbonyl (C=O) groups is 2. The lowest BCUT2D eigenvalue weighted by atomic mass is 10.0. The van der Waals surface area contributed by atoms with E-state index >= 15 is 0 Å². The van der Waals surface area contributed by atoms with Crippen LogP contribution in [-0.2, 0) is 9.53 Å². The Hall–Kier alpha value is -2.28. The maximum atomic E-state index is 13.0. The molecule has 7 heteroatoms. The van der Waals surface area contributed by atoms with Crippen molar-refractivity contribution in [3.8, 4) is 11.5 Å². The van der Waals surface area contributed by atoms with Crippen molar-refractivity contribution in [3.63, 3.8) is 0 Å². The average Bonchev–Trinajstić information content (AvgIpc) is 2.61. The number of hydrogen-bond donors (Lipinski definition) is 1. The van der Waals surface area contributed by atoms with Crippen LogP contribution in [0.25, 0.3) is 0 Å². The van der Waals surface area contributed by atoms with E-state index < -0.39 is 5.97 Å². The summed E-state index contributed by atoms with van der Waals surface area (Å²) in [4.78, 5) is 25.5. The van der Waals surface area contributed by atoms with E-state index in [1.165, 1.54) is 14.2 Å². The number of carbonyl (C=O) groups excluding carboxylic acids is 1. The first kappa shape index (κ1) is 18.1. The second kappa shape index (κ2) is 8.54. The van der Waals surface area contributed by atoms with Crippen LogP contribution in [-0.4, -0.2) is 61.9 Å². The van der Waals surface area contributed by atoms with Crippen LogP contribution >= 0.6 is 0 Å². The fraction of sp³-hybridized carbons (Fsp3) is 0.529. The van der Waals surface area contributed by atoms with E-state index in [1.54, 1.807) is 23.1 Å². The van der Waals surface area contributed by atoms with Gasteiger partial charge in [-0.3, -0.25) is 9.59 Å². The fourth-order valence-electron chi connectivity index (χ4n) is 2.76. The summed E-state index contributed by atoms with van der Waals surface area (Å²) in [5.74, 6) is -0.117. The van der Waals surface area contributed by atoms with Gasteiger partial charge in [0, 0.05) is 37.4 Å². The van der Waals surface area contributed by atoms with E-state index in [-0.39, 0.29) is 24.9 Å². The molecule has 1 N–H and O–H groups in total. The molecule has 0 aromatic heterocycles. The molecular formula is C17H23NO6. The van der Waals surface area contributed by atoms with Gasteiger partial charge in [0.15, 0.2) is 0 Å². The number of ether oxygens (including phenoxy) is 3. The summed E-state index contributed by atoms with van der Waals surface area (Å²) in [6, 6.07) is 4.94. The van der Waals surface area contributed by atoms with E-state index in [0.717, 1.165) is 0 Å². The van der Waals surface area contributed by atoms with Crippen LogP contribution in [0.4, 0.5) is 0 Å². The molecule has 132 valence electrons. The van der Waals surface area contributed by atoms with Gasteiger partial charge in [0.05, 0.1) is 20.6 Å². The monoisotopic (exact) mass is 337 g/mol. The molecule has 1 aromatic rings. The Kier molecular flexibility index (Phi) is 6.43. The van der Waals surface area contributed by atoms with Crippen LogP contribution in [0.5, 0.6) is 11.5 Å². The van der Waals surface area contributed by atoms with Crippen LogP contribution in [0.15, 0.2) is 18.2 Å². The number of aliphatic carboxylic acids is 1. The number of methoxy groups -OCH3 is 2. The zero-order valence-electron chi connectivity index (χ0n) is 14.0. The molecule has 24 heavy (non-hydrogen) atoms. The number of carboxylic acids is 1. The summed E-state index contributed by atoms with van der Waals surface area (Å²) in [5.41, 5.74) is 0.420. The molecule has 0 atom stereocenters. The Morgan fingerprint density at radius 3 is 2.25 bits per heavy atom. The highest BCUT2D eigenvalue weighted by atomic mass is 16.5. The average molecular weight is 337 g/mol. The predicted octanol–water partition coefficient (Wildman–Crippen LogP) is 1.80. The third kappa shape index (κ3) is 4.61. The van der Waals surface area contributed by atoms with E-state index in [9.17, 15) is 9.59 Å². The number of benzene rings is 1. The van der Waals surface area contributed by atoms with Gasteiger partial charge >= 0.3 is 5.97 Å². The van der Waals surface area contributed by atoms with Crippen molar-refractivity contribution < 1.29 is 28.9 Å². The minimum atomic E-state index is -0.928. The molecule has 0 aliphatic carbocycles. The lowest BCUT2D eigenvalue weighted by molar-refractivity contribution is -0.137. The minimum absolute atomic E-state index is 0.0252. The number of amides is 1. The normalized spacial score (nSPS) is 14.9. The van der Waals surface area contributed by atoms with Gasteiger partial charge in [-0.05, 0) is 25.0 Å². The summed E-state index contributed by atoms with van der Waals surface area (Å²) >= 11 is 0. The van der Waals surface area contributed by atoms with Crippen LogP contribution < -0.4 is 9.47 Å². The second-order valence-corrected chi connectivity index (χ2v) is 5.59. The van der Waals surface area contributed by atoms with Gasteiger partial charge < -0.3 is 24.2 Å². The maximum Gasteiger partial charge on any atom is 0.305 e. The van der Waals surface area contributed by atoms with Crippen molar-refractivity contribution in [1.82, 2.24) is 4.90 Å². The van der Waals surface area contributed by atoms with E-state index in [2.05, 4.69) is 0 Å². The first-order chi connectivity index (χ1) is 11.5. The summed E-state index contributed by atoms with van der Waals surface area (Å²) < 4.78 is 15.8. The Morgan fingerprint density at radius 2 is 1.75 bits per heavy atom. The molecule has 0 bridgehead atoms. The first-order valence-corrected chi connectivity index (χ1v) is 7.88. The summed E-state index contributed by atoms with van der Waals surface area (Å²) in [6.45, 7) is 1.31. The second-order valence-electron chi connectivity index (χ2n) is 5.59. The summed E-state index contributed by atoms with van der Waals surface area (Å²) in [7, 11) is 3.04. The number of rotatable bonds is 7. The number of hydrogen-bond acceptors (Lipinski definition) is 5. The lowest BCUT2D eigenvalue weighted by Crippen LogP contribution is -2.44. The van der Waals surface area contributed by atoms with Gasteiger partial charge in [0.25, 0.3) is 5.91 Å². The first-order valence-electron chi connectivity index (χ1n) is 7.88. The Labute approximate surface area is 141 Å². The van der Waals surface area contributed by atoms with E-state index in [1.807, 2.05) is 0 Å². The molecule has 1 saturated heterocycles. The molecule has 1 aliphatic rings. The largest absolute Gasteiger partial charge is 0.497 e. The third-order valence-corrected chi connectivity index (χ3v) is 4.06. The van der Waals surface area contributed by atoms with E-state index in [0.29, 0.717) is 43.1 Å². The molecule has 1 heterocycles.